The number of carbonyl (C=O) groups excluding carboxylic acids is 1. The van der Waals surface area contributed by atoms with Crippen molar-refractivity contribution in [3.63, 3.8) is 0 Å². The fraction of sp³-hybridized carbons (Fsp3) is 0.750. The van der Waals surface area contributed by atoms with Gasteiger partial charge < -0.3 is 30.4 Å². The standard InChI is InChI=1S/C28H50N2O5.ClH/c1-7-9-13-30-28(32)21(5)16-25(31)24(29)19-23(20(3)4)17-22-11-12-26(33-6)27(18-22)35-15-10-14-34-8-2;/h11-12,18,20-21,23-25,31H,7-10,13-17,19,29H2,1-6H3,(H,30,32);1H/t21-,23+,24+,25+;/m1./s1. The number of nitrogens with one attached hydrogen (secondary N) is 1. The number of ether oxygens (including phenoxy) is 3. The van der Waals surface area contributed by atoms with Gasteiger partial charge in [-0.15, -0.1) is 12.4 Å². The molecular weight excluding hydrogens is 480 g/mol. The summed E-state index contributed by atoms with van der Waals surface area (Å²) in [7, 11) is 1.64. The number of carbonyl (C=O) groups is 1. The Bertz CT molecular complexity index is 719. The molecule has 1 amide bonds. The summed E-state index contributed by atoms with van der Waals surface area (Å²) in [6.07, 6.45) is 3.97. The van der Waals surface area contributed by atoms with E-state index in [1.807, 2.05) is 26.0 Å². The number of halogens is 1. The Morgan fingerprint density at radius 2 is 1.81 bits per heavy atom. The molecule has 8 heteroatoms. The normalized spacial score (nSPS) is 14.5. The molecular formula is C28H51ClN2O5. The van der Waals surface area contributed by atoms with Gasteiger partial charge in [0.15, 0.2) is 11.5 Å². The van der Waals surface area contributed by atoms with Gasteiger partial charge in [-0.05, 0) is 62.1 Å². The molecule has 0 aliphatic rings. The largest absolute Gasteiger partial charge is 0.493 e. The maximum atomic E-state index is 12.3. The minimum atomic E-state index is -0.719. The summed E-state index contributed by atoms with van der Waals surface area (Å²) in [6.45, 7) is 12.9. The number of benzene rings is 1. The molecule has 0 heterocycles. The Hall–Kier alpha value is -1.54. The molecule has 1 aromatic rings. The van der Waals surface area contributed by atoms with Crippen LogP contribution in [0.25, 0.3) is 0 Å². The van der Waals surface area contributed by atoms with E-state index >= 15 is 0 Å². The van der Waals surface area contributed by atoms with Crippen molar-refractivity contribution in [1.82, 2.24) is 5.32 Å². The third-order valence-electron chi connectivity index (χ3n) is 6.50. The van der Waals surface area contributed by atoms with Crippen molar-refractivity contribution in [3.05, 3.63) is 23.8 Å². The van der Waals surface area contributed by atoms with Gasteiger partial charge in [0.1, 0.15) is 0 Å². The van der Waals surface area contributed by atoms with Crippen LogP contribution < -0.4 is 20.5 Å². The van der Waals surface area contributed by atoms with E-state index in [1.165, 1.54) is 0 Å². The van der Waals surface area contributed by atoms with Crippen molar-refractivity contribution in [2.24, 2.45) is 23.5 Å². The molecule has 36 heavy (non-hydrogen) atoms. The summed E-state index contributed by atoms with van der Waals surface area (Å²) in [5.74, 6) is 1.83. The highest BCUT2D eigenvalue weighted by Gasteiger charge is 2.26. The number of unbranched alkanes of at least 4 members (excludes halogenated alkanes) is 1. The molecule has 0 aliphatic heterocycles. The molecule has 0 saturated carbocycles. The van der Waals surface area contributed by atoms with Gasteiger partial charge in [-0.1, -0.05) is 40.2 Å². The Labute approximate surface area is 225 Å². The van der Waals surface area contributed by atoms with E-state index in [2.05, 4.69) is 32.2 Å². The first-order chi connectivity index (χ1) is 16.7. The van der Waals surface area contributed by atoms with Gasteiger partial charge in [0.2, 0.25) is 5.91 Å². The van der Waals surface area contributed by atoms with Crippen LogP contribution in [0.3, 0.4) is 0 Å². The molecule has 0 saturated heterocycles. The van der Waals surface area contributed by atoms with Crippen LogP contribution in [-0.2, 0) is 16.0 Å². The van der Waals surface area contributed by atoms with E-state index in [1.54, 1.807) is 7.11 Å². The summed E-state index contributed by atoms with van der Waals surface area (Å²) < 4.78 is 16.8. The maximum Gasteiger partial charge on any atom is 0.222 e. The van der Waals surface area contributed by atoms with Crippen LogP contribution in [0.2, 0.25) is 0 Å². The Morgan fingerprint density at radius 3 is 2.42 bits per heavy atom. The van der Waals surface area contributed by atoms with Crippen molar-refractivity contribution >= 4 is 18.3 Å². The minimum absolute atomic E-state index is 0. The van der Waals surface area contributed by atoms with Crippen molar-refractivity contribution in [2.45, 2.75) is 85.3 Å². The van der Waals surface area contributed by atoms with E-state index in [0.29, 0.717) is 50.9 Å². The predicted molar refractivity (Wildman–Crippen MR) is 149 cm³/mol. The smallest absolute Gasteiger partial charge is 0.222 e. The summed E-state index contributed by atoms with van der Waals surface area (Å²) in [5, 5.41) is 13.7. The number of methoxy groups -OCH3 is 1. The summed E-state index contributed by atoms with van der Waals surface area (Å²) in [6, 6.07) is 5.66. The van der Waals surface area contributed by atoms with Gasteiger partial charge in [-0.2, -0.15) is 0 Å². The highest BCUT2D eigenvalue weighted by molar-refractivity contribution is 5.85. The van der Waals surface area contributed by atoms with E-state index in [9.17, 15) is 9.90 Å². The first-order valence-electron chi connectivity index (χ1n) is 13.3. The molecule has 7 nitrogen and oxygen atoms in total. The summed E-state index contributed by atoms with van der Waals surface area (Å²) in [4.78, 5) is 12.3. The van der Waals surface area contributed by atoms with Crippen molar-refractivity contribution in [1.29, 1.82) is 0 Å². The number of aliphatic hydroxyl groups excluding tert-OH is 1. The summed E-state index contributed by atoms with van der Waals surface area (Å²) >= 11 is 0. The lowest BCUT2D eigenvalue weighted by Gasteiger charge is -2.28. The lowest BCUT2D eigenvalue weighted by molar-refractivity contribution is -0.125. The average molecular weight is 531 g/mol. The second-order valence-electron chi connectivity index (χ2n) is 9.84. The van der Waals surface area contributed by atoms with Gasteiger partial charge >= 0.3 is 0 Å². The molecule has 0 aliphatic carbocycles. The van der Waals surface area contributed by atoms with Crippen LogP contribution in [0, 0.1) is 17.8 Å². The molecule has 0 bridgehead atoms. The lowest BCUT2D eigenvalue weighted by atomic mass is 9.82. The predicted octanol–water partition coefficient (Wildman–Crippen LogP) is 4.76. The molecule has 210 valence electrons. The molecule has 0 spiro atoms. The van der Waals surface area contributed by atoms with Gasteiger partial charge in [-0.3, -0.25) is 4.79 Å². The zero-order chi connectivity index (χ0) is 26.2. The molecule has 1 rings (SSSR count). The van der Waals surface area contributed by atoms with Crippen LogP contribution in [0.1, 0.15) is 72.3 Å². The molecule has 0 aromatic heterocycles. The van der Waals surface area contributed by atoms with Crippen LogP contribution >= 0.6 is 12.4 Å². The van der Waals surface area contributed by atoms with Gasteiger partial charge in [0, 0.05) is 38.1 Å². The molecule has 4 N–H and O–H groups in total. The maximum absolute atomic E-state index is 12.3. The van der Waals surface area contributed by atoms with E-state index < -0.39 is 6.10 Å². The van der Waals surface area contributed by atoms with Crippen molar-refractivity contribution in [3.8, 4) is 11.5 Å². The average Bonchev–Trinajstić information content (AvgIpc) is 2.83. The van der Waals surface area contributed by atoms with E-state index in [4.69, 9.17) is 19.9 Å². The van der Waals surface area contributed by atoms with Crippen LogP contribution in [0.4, 0.5) is 0 Å². The number of amides is 1. The summed E-state index contributed by atoms with van der Waals surface area (Å²) in [5.41, 5.74) is 7.57. The number of hydrogen-bond donors (Lipinski definition) is 3. The molecule has 0 fully saturated rings. The second kappa shape index (κ2) is 19.6. The highest BCUT2D eigenvalue weighted by atomic mass is 35.5. The molecule has 0 radical (unpaired) electrons. The number of nitrogens with two attached hydrogens (primary N) is 1. The number of aliphatic hydroxyl groups is 1. The fourth-order valence-corrected chi connectivity index (χ4v) is 4.06. The first kappa shape index (κ1) is 34.5. The van der Waals surface area contributed by atoms with Crippen LogP contribution in [0.15, 0.2) is 18.2 Å². The van der Waals surface area contributed by atoms with Crippen molar-refractivity contribution in [2.75, 3.05) is 33.5 Å². The SMILES string of the molecule is CCCCNC(=O)[C@H](C)C[C@H](O)[C@@H](N)C[C@H](Cc1ccc(OC)c(OCCCOCC)c1)C(C)C.Cl. The monoisotopic (exact) mass is 530 g/mol. The van der Waals surface area contributed by atoms with Crippen molar-refractivity contribution < 1.29 is 24.1 Å². The first-order valence-corrected chi connectivity index (χ1v) is 13.3. The topological polar surface area (TPSA) is 103 Å². The highest BCUT2D eigenvalue weighted by Crippen LogP contribution is 2.31. The Balaban J connectivity index is 0.0000122. The van der Waals surface area contributed by atoms with Crippen LogP contribution in [-0.4, -0.2) is 56.6 Å². The molecule has 1 aromatic carbocycles. The zero-order valence-corrected chi connectivity index (χ0v) is 24.1. The zero-order valence-electron chi connectivity index (χ0n) is 23.3. The van der Waals surface area contributed by atoms with Gasteiger partial charge in [0.25, 0.3) is 0 Å². The third kappa shape index (κ3) is 13.1. The Kier molecular flexibility index (Phi) is 18.7. The molecule has 4 atom stereocenters. The fourth-order valence-electron chi connectivity index (χ4n) is 4.06. The molecule has 0 unspecified atom stereocenters. The van der Waals surface area contributed by atoms with Crippen LogP contribution in [0.5, 0.6) is 11.5 Å². The minimum Gasteiger partial charge on any atom is -0.493 e. The lowest BCUT2D eigenvalue weighted by Crippen LogP contribution is -2.41. The Morgan fingerprint density at radius 1 is 1.08 bits per heavy atom. The van der Waals surface area contributed by atoms with E-state index in [0.717, 1.165) is 37.0 Å². The number of hydrogen-bond acceptors (Lipinski definition) is 6. The van der Waals surface area contributed by atoms with Gasteiger partial charge in [0.05, 0.1) is 19.8 Å². The number of rotatable bonds is 19. The third-order valence-corrected chi connectivity index (χ3v) is 6.50. The van der Waals surface area contributed by atoms with Gasteiger partial charge in [-0.25, -0.2) is 0 Å². The second-order valence-corrected chi connectivity index (χ2v) is 9.84. The van der Waals surface area contributed by atoms with E-state index in [-0.39, 0.29) is 36.2 Å². The quantitative estimate of drug-likeness (QED) is 0.223.